The molecule has 0 spiro atoms. The molecule has 0 bridgehead atoms. The molecule has 4 N–H and O–H groups in total. The van der Waals surface area contributed by atoms with Gasteiger partial charge in [-0.25, -0.2) is 9.78 Å². The summed E-state index contributed by atoms with van der Waals surface area (Å²) >= 11 is 3.05. The zero-order valence-corrected chi connectivity index (χ0v) is 17.4. The molecule has 1 saturated heterocycles. The third kappa shape index (κ3) is 2.62. The molecule has 0 aliphatic carbocycles. The Bertz CT molecular complexity index is 1010. The number of nitrogens with two attached hydrogens (primary N) is 1. The number of fused-ring (bicyclic) bond motifs is 2. The van der Waals surface area contributed by atoms with Crippen LogP contribution in [0, 0.1) is 18.8 Å². The number of hydrogen-bond donors (Lipinski definition) is 3. The van der Waals surface area contributed by atoms with Crippen molar-refractivity contribution >= 4 is 45.4 Å². The molecule has 0 aromatic carbocycles. The Hall–Kier alpha value is -1.88. The average molecular weight is 423 g/mol. The highest BCUT2D eigenvalue weighted by molar-refractivity contribution is 7.99. The number of aliphatic carboxylic acids is 1. The van der Waals surface area contributed by atoms with Crippen LogP contribution in [-0.4, -0.2) is 60.8 Å². The molecule has 4 heterocycles. The summed E-state index contributed by atoms with van der Waals surface area (Å²) in [7, 11) is 0. The zero-order valence-electron chi connectivity index (χ0n) is 15.7. The molecule has 10 heteroatoms. The maximum absolute atomic E-state index is 12.5. The van der Waals surface area contributed by atoms with Crippen LogP contribution in [0.15, 0.2) is 16.9 Å². The number of hydrogen-bond acceptors (Lipinski definition) is 7. The number of imidazole rings is 1. The molecule has 150 valence electrons. The van der Waals surface area contributed by atoms with E-state index in [0.717, 1.165) is 26.3 Å². The normalized spacial score (nSPS) is 25.4. The predicted molar refractivity (Wildman–Crippen MR) is 107 cm³/mol. The number of thiazole rings is 1. The van der Waals surface area contributed by atoms with E-state index in [2.05, 4.69) is 4.98 Å². The molecule has 1 fully saturated rings. The van der Waals surface area contributed by atoms with Gasteiger partial charge in [-0.3, -0.25) is 9.20 Å². The lowest BCUT2D eigenvalue weighted by atomic mass is 9.77. The van der Waals surface area contributed by atoms with Crippen LogP contribution in [0.1, 0.15) is 24.5 Å². The summed E-state index contributed by atoms with van der Waals surface area (Å²) in [5.74, 6) is -0.612. The fourth-order valence-electron chi connectivity index (χ4n) is 4.26. The van der Waals surface area contributed by atoms with E-state index < -0.39 is 18.0 Å². The van der Waals surface area contributed by atoms with E-state index >= 15 is 0 Å². The van der Waals surface area contributed by atoms with Crippen LogP contribution in [-0.2, 0) is 9.59 Å². The van der Waals surface area contributed by atoms with E-state index in [9.17, 15) is 19.8 Å². The number of carboxylic acids is 1. The Kier molecular flexibility index (Phi) is 4.77. The highest BCUT2D eigenvalue weighted by Gasteiger charge is 2.60. The summed E-state index contributed by atoms with van der Waals surface area (Å²) in [4.78, 5) is 32.2. The van der Waals surface area contributed by atoms with Gasteiger partial charge in [-0.15, -0.1) is 23.1 Å². The highest BCUT2D eigenvalue weighted by atomic mass is 32.2. The van der Waals surface area contributed by atoms with E-state index in [1.165, 1.54) is 16.2 Å². The van der Waals surface area contributed by atoms with Crippen LogP contribution in [0.4, 0.5) is 0 Å². The Balaban J connectivity index is 1.82. The fourth-order valence-corrected chi connectivity index (χ4v) is 6.47. The van der Waals surface area contributed by atoms with Crippen molar-refractivity contribution in [1.29, 1.82) is 0 Å². The number of aromatic nitrogens is 2. The van der Waals surface area contributed by atoms with E-state index in [0.29, 0.717) is 12.1 Å². The number of β-lactam (4-membered cyclic amide) rings is 1. The van der Waals surface area contributed by atoms with Crippen LogP contribution >= 0.6 is 23.1 Å². The third-order valence-corrected chi connectivity index (χ3v) is 7.72. The van der Waals surface area contributed by atoms with Crippen molar-refractivity contribution in [3.8, 4) is 0 Å². The smallest absolute Gasteiger partial charge is 0.352 e. The molecular weight excluding hydrogens is 400 g/mol. The molecule has 0 unspecified atom stereocenters. The van der Waals surface area contributed by atoms with Gasteiger partial charge in [0.1, 0.15) is 21.4 Å². The number of aliphatic hydroxyl groups is 1. The minimum atomic E-state index is -1.12. The summed E-state index contributed by atoms with van der Waals surface area (Å²) in [6.07, 6.45) is 1.09. The van der Waals surface area contributed by atoms with Gasteiger partial charge in [-0.05, 0) is 13.8 Å². The molecule has 0 radical (unpaired) electrons. The van der Waals surface area contributed by atoms with E-state index in [1.54, 1.807) is 18.7 Å². The first kappa shape index (κ1) is 19.4. The van der Waals surface area contributed by atoms with Gasteiger partial charge in [0, 0.05) is 30.0 Å². The van der Waals surface area contributed by atoms with Crippen LogP contribution in [0.2, 0.25) is 0 Å². The summed E-state index contributed by atoms with van der Waals surface area (Å²) < 4.78 is 1.96. The Labute approximate surface area is 170 Å². The zero-order chi connectivity index (χ0) is 20.3. The molecule has 4 rings (SSSR count). The van der Waals surface area contributed by atoms with Crippen LogP contribution < -0.4 is 5.73 Å². The second-order valence-corrected chi connectivity index (χ2v) is 9.31. The maximum atomic E-state index is 12.5. The van der Waals surface area contributed by atoms with Crippen LogP contribution in [0.5, 0.6) is 0 Å². The number of aliphatic hydroxyl groups excluding tert-OH is 1. The topological polar surface area (TPSA) is 121 Å². The largest absolute Gasteiger partial charge is 0.477 e. The minimum Gasteiger partial charge on any atom is -0.477 e. The minimum absolute atomic E-state index is 0.0330. The number of carbonyl (C=O) groups excluding carboxylic acids is 1. The van der Waals surface area contributed by atoms with Gasteiger partial charge in [0.05, 0.1) is 22.9 Å². The monoisotopic (exact) mass is 422 g/mol. The van der Waals surface area contributed by atoms with Crippen LogP contribution in [0.25, 0.3) is 10.4 Å². The number of rotatable bonds is 6. The van der Waals surface area contributed by atoms with Gasteiger partial charge in [-0.2, -0.15) is 0 Å². The number of nitrogens with zero attached hydrogens (tertiary/aromatic N) is 3. The van der Waals surface area contributed by atoms with Gasteiger partial charge in [-0.1, -0.05) is 6.92 Å². The molecule has 2 aliphatic heterocycles. The second kappa shape index (κ2) is 6.87. The SMILES string of the molecule is Cc1nc(SCCN)c2sc(C3=C(C(=O)O)N4C(=O)[C@H]([C@@H](C)O)[C@H]4[C@H]3C)cn12. The summed E-state index contributed by atoms with van der Waals surface area (Å²) in [5, 5.41) is 20.7. The first-order valence-corrected chi connectivity index (χ1v) is 10.9. The van der Waals surface area contributed by atoms with Crippen molar-refractivity contribution in [2.75, 3.05) is 12.3 Å². The van der Waals surface area contributed by atoms with Crippen molar-refractivity contribution in [3.05, 3.63) is 22.6 Å². The van der Waals surface area contributed by atoms with Gasteiger partial charge in [0.25, 0.3) is 0 Å². The third-order valence-electron chi connectivity index (χ3n) is 5.46. The number of carboxylic acid groups (broad SMARTS) is 1. The van der Waals surface area contributed by atoms with Gasteiger partial charge in [0.2, 0.25) is 5.91 Å². The Morgan fingerprint density at radius 2 is 2.21 bits per heavy atom. The molecule has 8 nitrogen and oxygen atoms in total. The number of carbonyl (C=O) groups is 2. The Morgan fingerprint density at radius 1 is 1.50 bits per heavy atom. The second-order valence-electron chi connectivity index (χ2n) is 7.19. The lowest BCUT2D eigenvalue weighted by Gasteiger charge is -2.46. The lowest BCUT2D eigenvalue weighted by Crippen LogP contribution is -2.63. The van der Waals surface area contributed by atoms with Gasteiger partial charge >= 0.3 is 5.97 Å². The summed E-state index contributed by atoms with van der Waals surface area (Å²) in [6.45, 7) is 5.96. The molecule has 4 atom stereocenters. The summed E-state index contributed by atoms with van der Waals surface area (Å²) in [6, 6.07) is -0.319. The first-order valence-electron chi connectivity index (χ1n) is 9.08. The van der Waals surface area contributed by atoms with Gasteiger partial charge in [0.15, 0.2) is 0 Å². The molecular formula is C18H22N4O4S2. The van der Waals surface area contributed by atoms with E-state index in [4.69, 9.17) is 5.73 Å². The van der Waals surface area contributed by atoms with Crippen molar-refractivity contribution in [2.45, 2.75) is 37.9 Å². The van der Waals surface area contributed by atoms with Crippen molar-refractivity contribution in [1.82, 2.24) is 14.3 Å². The van der Waals surface area contributed by atoms with Crippen LogP contribution in [0.3, 0.4) is 0 Å². The van der Waals surface area contributed by atoms with E-state index in [-0.39, 0.29) is 23.6 Å². The molecule has 28 heavy (non-hydrogen) atoms. The predicted octanol–water partition coefficient (Wildman–Crippen LogP) is 1.41. The van der Waals surface area contributed by atoms with Crippen molar-refractivity contribution in [2.24, 2.45) is 17.6 Å². The van der Waals surface area contributed by atoms with Crippen molar-refractivity contribution in [3.63, 3.8) is 0 Å². The summed E-state index contributed by atoms with van der Waals surface area (Å²) in [5.41, 5.74) is 6.29. The average Bonchev–Trinajstić information content (AvgIpc) is 3.23. The maximum Gasteiger partial charge on any atom is 0.352 e. The molecule has 2 aliphatic rings. The number of amides is 1. The first-order chi connectivity index (χ1) is 13.3. The molecule has 1 amide bonds. The lowest BCUT2D eigenvalue weighted by molar-refractivity contribution is -0.163. The fraction of sp³-hybridized carbons (Fsp3) is 0.500. The van der Waals surface area contributed by atoms with E-state index in [1.807, 2.05) is 24.4 Å². The number of aryl methyl sites for hydroxylation is 1. The highest BCUT2D eigenvalue weighted by Crippen LogP contribution is 2.51. The molecule has 0 saturated carbocycles. The van der Waals surface area contributed by atoms with Crippen molar-refractivity contribution < 1.29 is 19.8 Å². The standard InChI is InChI=1S/C18H22N4O4S2/c1-7-11(14(18(25)26)22-13(7)12(8(2)23)16(22)24)10-6-21-9(3)20-15(17(21)28-10)27-5-4-19/h6-8,12-13,23H,4-5,19H2,1-3H3,(H,25,26)/t7-,8+,12+,13+/m0/s1. The molecule has 2 aromatic rings. The molecule has 2 aromatic heterocycles. The number of thioether (sulfide) groups is 1. The Morgan fingerprint density at radius 3 is 2.82 bits per heavy atom. The van der Waals surface area contributed by atoms with Gasteiger partial charge < -0.3 is 20.8 Å². The quantitative estimate of drug-likeness (QED) is 0.475.